The number of carbonyl (C=O) groups excluding carboxylic acids is 1. The molecule has 1 aromatic rings. The maximum absolute atomic E-state index is 13.4. The molecule has 0 spiro atoms. The molecule has 0 radical (unpaired) electrons. The molecular formula is C12H17ClFN3O. The molecule has 6 heteroatoms. The molecule has 1 aromatic carbocycles. The van der Waals surface area contributed by atoms with Gasteiger partial charge in [0.25, 0.3) is 0 Å². The van der Waals surface area contributed by atoms with Gasteiger partial charge in [0, 0.05) is 19.6 Å². The fourth-order valence-electron chi connectivity index (χ4n) is 1.81. The minimum Gasteiger partial charge on any atom is -0.323 e. The minimum atomic E-state index is -0.409. The van der Waals surface area contributed by atoms with Gasteiger partial charge in [-0.2, -0.15) is 0 Å². The standard InChI is InChI=1S/C12H16FN3O.ClH/c13-10-4-1-2-5-11(10)15-12(17)16-8-3-6-14-7-9-16;/h1-2,4-5,14H,3,6-9H2,(H,15,17);1H. The van der Waals surface area contributed by atoms with Gasteiger partial charge in [-0.15, -0.1) is 12.4 Å². The largest absolute Gasteiger partial charge is 0.323 e. The van der Waals surface area contributed by atoms with E-state index in [4.69, 9.17) is 0 Å². The molecule has 1 saturated heterocycles. The third-order valence-electron chi connectivity index (χ3n) is 2.74. The summed E-state index contributed by atoms with van der Waals surface area (Å²) in [6.45, 7) is 3.06. The Balaban J connectivity index is 0.00000162. The van der Waals surface area contributed by atoms with E-state index in [9.17, 15) is 9.18 Å². The third-order valence-corrected chi connectivity index (χ3v) is 2.74. The molecule has 0 aromatic heterocycles. The fourth-order valence-corrected chi connectivity index (χ4v) is 1.81. The summed E-state index contributed by atoms with van der Waals surface area (Å²) < 4.78 is 13.4. The Morgan fingerprint density at radius 2 is 2.06 bits per heavy atom. The molecule has 100 valence electrons. The first-order valence-electron chi connectivity index (χ1n) is 5.78. The molecule has 0 saturated carbocycles. The highest BCUT2D eigenvalue weighted by molar-refractivity contribution is 5.89. The van der Waals surface area contributed by atoms with E-state index in [1.165, 1.54) is 6.07 Å². The first-order chi connectivity index (χ1) is 8.27. The fraction of sp³-hybridized carbons (Fsp3) is 0.417. The van der Waals surface area contributed by atoms with Crippen LogP contribution in [0.1, 0.15) is 6.42 Å². The first kappa shape index (κ1) is 14.7. The number of urea groups is 1. The molecule has 0 atom stereocenters. The van der Waals surface area contributed by atoms with E-state index < -0.39 is 5.82 Å². The summed E-state index contributed by atoms with van der Waals surface area (Å²) in [6, 6.07) is 5.95. The summed E-state index contributed by atoms with van der Waals surface area (Å²) >= 11 is 0. The average molecular weight is 274 g/mol. The van der Waals surface area contributed by atoms with E-state index in [2.05, 4.69) is 10.6 Å². The van der Waals surface area contributed by atoms with E-state index in [0.29, 0.717) is 13.1 Å². The van der Waals surface area contributed by atoms with Gasteiger partial charge in [-0.3, -0.25) is 0 Å². The number of amides is 2. The molecule has 1 heterocycles. The van der Waals surface area contributed by atoms with Crippen molar-refractivity contribution in [1.82, 2.24) is 10.2 Å². The molecule has 1 fully saturated rings. The number of halogens is 2. The van der Waals surface area contributed by atoms with Crippen LogP contribution in [0.4, 0.5) is 14.9 Å². The van der Waals surface area contributed by atoms with Crippen molar-refractivity contribution in [2.45, 2.75) is 6.42 Å². The van der Waals surface area contributed by atoms with Crippen molar-refractivity contribution < 1.29 is 9.18 Å². The van der Waals surface area contributed by atoms with Crippen LogP contribution in [-0.4, -0.2) is 37.1 Å². The summed E-state index contributed by atoms with van der Waals surface area (Å²) in [7, 11) is 0. The number of para-hydroxylation sites is 1. The quantitative estimate of drug-likeness (QED) is 0.823. The van der Waals surface area contributed by atoms with E-state index in [0.717, 1.165) is 19.5 Å². The van der Waals surface area contributed by atoms with Gasteiger partial charge in [-0.05, 0) is 25.1 Å². The summed E-state index contributed by atoms with van der Waals surface area (Å²) in [5, 5.41) is 5.80. The predicted octanol–water partition coefficient (Wildman–Crippen LogP) is 2.07. The molecule has 1 aliphatic rings. The zero-order valence-electron chi connectivity index (χ0n) is 9.99. The predicted molar refractivity (Wildman–Crippen MR) is 71.7 cm³/mol. The lowest BCUT2D eigenvalue weighted by Gasteiger charge is -2.20. The van der Waals surface area contributed by atoms with Gasteiger partial charge in [-0.25, -0.2) is 9.18 Å². The summed E-state index contributed by atoms with van der Waals surface area (Å²) in [6.07, 6.45) is 0.921. The van der Waals surface area contributed by atoms with Crippen LogP contribution >= 0.6 is 12.4 Å². The van der Waals surface area contributed by atoms with Gasteiger partial charge < -0.3 is 15.5 Å². The summed E-state index contributed by atoms with van der Waals surface area (Å²) in [4.78, 5) is 13.6. The van der Waals surface area contributed by atoms with E-state index in [1.54, 1.807) is 23.1 Å². The Hall–Kier alpha value is -1.33. The molecule has 2 amide bonds. The van der Waals surface area contributed by atoms with Gasteiger partial charge in [0.2, 0.25) is 0 Å². The number of rotatable bonds is 1. The molecule has 0 unspecified atom stereocenters. The molecule has 18 heavy (non-hydrogen) atoms. The van der Waals surface area contributed by atoms with Crippen LogP contribution in [0.15, 0.2) is 24.3 Å². The van der Waals surface area contributed by atoms with Crippen LogP contribution < -0.4 is 10.6 Å². The highest BCUT2D eigenvalue weighted by Gasteiger charge is 2.16. The second-order valence-electron chi connectivity index (χ2n) is 4.00. The van der Waals surface area contributed by atoms with Crippen molar-refractivity contribution in [1.29, 1.82) is 0 Å². The van der Waals surface area contributed by atoms with Crippen molar-refractivity contribution in [3.63, 3.8) is 0 Å². The van der Waals surface area contributed by atoms with E-state index in [1.807, 2.05) is 0 Å². The van der Waals surface area contributed by atoms with Crippen LogP contribution in [0.3, 0.4) is 0 Å². The maximum atomic E-state index is 13.4. The van der Waals surface area contributed by atoms with Crippen molar-refractivity contribution in [2.75, 3.05) is 31.5 Å². The highest BCUT2D eigenvalue weighted by Crippen LogP contribution is 2.13. The highest BCUT2D eigenvalue weighted by atomic mass is 35.5. The van der Waals surface area contributed by atoms with Crippen molar-refractivity contribution in [3.8, 4) is 0 Å². The molecule has 4 nitrogen and oxygen atoms in total. The number of nitrogens with one attached hydrogen (secondary N) is 2. The van der Waals surface area contributed by atoms with Gasteiger partial charge in [-0.1, -0.05) is 12.1 Å². The zero-order chi connectivity index (χ0) is 12.1. The van der Waals surface area contributed by atoms with Gasteiger partial charge in [0.1, 0.15) is 5.82 Å². The Morgan fingerprint density at radius 3 is 2.83 bits per heavy atom. The van der Waals surface area contributed by atoms with Crippen LogP contribution in [0, 0.1) is 5.82 Å². The molecule has 1 aliphatic heterocycles. The first-order valence-corrected chi connectivity index (χ1v) is 5.78. The van der Waals surface area contributed by atoms with Crippen molar-refractivity contribution >= 4 is 24.1 Å². The number of hydrogen-bond acceptors (Lipinski definition) is 2. The molecule has 2 N–H and O–H groups in total. The Labute approximate surface area is 112 Å². The summed E-state index contributed by atoms with van der Waals surface area (Å²) in [5.41, 5.74) is 0.231. The Morgan fingerprint density at radius 1 is 1.28 bits per heavy atom. The number of anilines is 1. The minimum absolute atomic E-state index is 0. The second kappa shape index (κ2) is 7.18. The van der Waals surface area contributed by atoms with Gasteiger partial charge in [0.15, 0.2) is 0 Å². The van der Waals surface area contributed by atoms with Gasteiger partial charge in [0.05, 0.1) is 5.69 Å². The van der Waals surface area contributed by atoms with E-state index in [-0.39, 0.29) is 24.1 Å². The lowest BCUT2D eigenvalue weighted by Crippen LogP contribution is -2.37. The number of hydrogen-bond donors (Lipinski definition) is 2. The smallest absolute Gasteiger partial charge is 0.321 e. The van der Waals surface area contributed by atoms with E-state index >= 15 is 0 Å². The number of nitrogens with zero attached hydrogens (tertiary/aromatic N) is 1. The lowest BCUT2D eigenvalue weighted by molar-refractivity contribution is 0.215. The van der Waals surface area contributed by atoms with Crippen LogP contribution in [0.2, 0.25) is 0 Å². The van der Waals surface area contributed by atoms with Gasteiger partial charge >= 0.3 is 6.03 Å². The number of carbonyl (C=O) groups is 1. The molecule has 0 aliphatic carbocycles. The lowest BCUT2D eigenvalue weighted by atomic mass is 10.3. The van der Waals surface area contributed by atoms with Crippen LogP contribution in [-0.2, 0) is 0 Å². The van der Waals surface area contributed by atoms with Crippen molar-refractivity contribution in [3.05, 3.63) is 30.1 Å². The zero-order valence-corrected chi connectivity index (χ0v) is 10.8. The average Bonchev–Trinajstić information content (AvgIpc) is 2.61. The Bertz CT molecular complexity index is 395. The maximum Gasteiger partial charge on any atom is 0.321 e. The SMILES string of the molecule is Cl.O=C(Nc1ccccc1F)N1CCCNCC1. The topological polar surface area (TPSA) is 44.4 Å². The molecule has 2 rings (SSSR count). The molecular weight excluding hydrogens is 257 g/mol. The monoisotopic (exact) mass is 273 g/mol. The normalized spacial score (nSPS) is 15.5. The van der Waals surface area contributed by atoms with Crippen LogP contribution in [0.5, 0.6) is 0 Å². The summed E-state index contributed by atoms with van der Waals surface area (Å²) in [5.74, 6) is -0.409. The second-order valence-corrected chi connectivity index (χ2v) is 4.00. The van der Waals surface area contributed by atoms with Crippen LogP contribution in [0.25, 0.3) is 0 Å². The third kappa shape index (κ3) is 3.85. The van der Waals surface area contributed by atoms with Crippen molar-refractivity contribution in [2.24, 2.45) is 0 Å². The number of benzene rings is 1. The molecule has 0 bridgehead atoms. The Kier molecular flexibility index (Phi) is 5.88.